The van der Waals surface area contributed by atoms with Crippen molar-refractivity contribution in [2.45, 2.75) is 26.8 Å². The monoisotopic (exact) mass is 319 g/mol. The zero-order valence-electron chi connectivity index (χ0n) is 13.8. The second-order valence-electron chi connectivity index (χ2n) is 5.46. The van der Waals surface area contributed by atoms with Gasteiger partial charge in [0, 0.05) is 12.0 Å². The molecule has 0 unspecified atom stereocenters. The summed E-state index contributed by atoms with van der Waals surface area (Å²) in [6, 6.07) is 5.35. The Kier molecular flexibility index (Phi) is 5.56. The molecule has 0 atom stereocenters. The van der Waals surface area contributed by atoms with Gasteiger partial charge in [0.1, 0.15) is 0 Å². The number of ether oxygens (including phenoxy) is 2. The Bertz CT molecular complexity index is 667. The van der Waals surface area contributed by atoms with Gasteiger partial charge >= 0.3 is 0 Å². The smallest absolute Gasteiger partial charge is 0.246 e. The van der Waals surface area contributed by atoms with Gasteiger partial charge in [0.15, 0.2) is 11.5 Å². The topological polar surface area (TPSA) is 86.5 Å². The van der Waals surface area contributed by atoms with Crippen molar-refractivity contribution >= 4 is 5.91 Å². The third-order valence-corrected chi connectivity index (χ3v) is 3.14. The molecule has 0 saturated carbocycles. The molecular weight excluding hydrogens is 298 g/mol. The Morgan fingerprint density at radius 1 is 1.26 bits per heavy atom. The lowest BCUT2D eigenvalue weighted by Gasteiger charge is -2.07. The van der Waals surface area contributed by atoms with E-state index in [4.69, 9.17) is 14.0 Å². The number of hydrogen-bond donors (Lipinski definition) is 1. The van der Waals surface area contributed by atoms with Gasteiger partial charge in [0.05, 0.1) is 20.8 Å². The summed E-state index contributed by atoms with van der Waals surface area (Å²) in [6.45, 7) is 4.19. The number of carbonyl (C=O) groups is 1. The first kappa shape index (κ1) is 16.8. The molecule has 0 bridgehead atoms. The first-order chi connectivity index (χ1) is 11.0. The molecule has 0 aliphatic carbocycles. The molecule has 0 aliphatic rings. The minimum absolute atomic E-state index is 0.0362. The van der Waals surface area contributed by atoms with E-state index in [2.05, 4.69) is 15.5 Å². The molecule has 0 radical (unpaired) electrons. The lowest BCUT2D eigenvalue weighted by molar-refractivity contribution is -0.122. The van der Waals surface area contributed by atoms with Crippen molar-refractivity contribution in [1.82, 2.24) is 15.5 Å². The molecular formula is C16H21N3O4. The van der Waals surface area contributed by atoms with Crippen LogP contribution in [-0.4, -0.2) is 30.3 Å². The van der Waals surface area contributed by atoms with E-state index in [-0.39, 0.29) is 12.5 Å². The van der Waals surface area contributed by atoms with Crippen molar-refractivity contribution in [1.29, 1.82) is 0 Å². The Balaban J connectivity index is 2.06. The standard InChI is InChI=1S/C16H21N3O4/c1-10(2)7-14(20)17-9-15-18-16(19-23-15)11-5-6-12(21-3)13(8-11)22-4/h5-6,8,10H,7,9H2,1-4H3,(H,17,20). The summed E-state index contributed by atoms with van der Waals surface area (Å²) in [4.78, 5) is 15.9. The molecule has 0 fully saturated rings. The number of benzene rings is 1. The van der Waals surface area contributed by atoms with Gasteiger partial charge in [-0.15, -0.1) is 0 Å². The molecule has 7 nitrogen and oxygen atoms in total. The molecule has 1 aromatic heterocycles. The van der Waals surface area contributed by atoms with Crippen LogP contribution in [0.2, 0.25) is 0 Å². The normalized spacial score (nSPS) is 10.7. The second kappa shape index (κ2) is 7.62. The summed E-state index contributed by atoms with van der Waals surface area (Å²) in [5.74, 6) is 2.26. The number of nitrogens with zero attached hydrogens (tertiary/aromatic N) is 2. The van der Waals surface area contributed by atoms with Gasteiger partial charge in [-0.1, -0.05) is 19.0 Å². The highest BCUT2D eigenvalue weighted by molar-refractivity contribution is 5.75. The van der Waals surface area contributed by atoms with Crippen LogP contribution in [-0.2, 0) is 11.3 Å². The maximum atomic E-state index is 11.6. The molecule has 2 rings (SSSR count). The lowest BCUT2D eigenvalue weighted by Crippen LogP contribution is -2.24. The van der Waals surface area contributed by atoms with Crippen LogP contribution in [0, 0.1) is 5.92 Å². The average Bonchev–Trinajstić information content (AvgIpc) is 3.00. The van der Waals surface area contributed by atoms with Crippen LogP contribution in [0.1, 0.15) is 26.2 Å². The number of hydrogen-bond acceptors (Lipinski definition) is 6. The number of nitrogens with one attached hydrogen (secondary N) is 1. The molecule has 1 amide bonds. The lowest BCUT2D eigenvalue weighted by atomic mass is 10.1. The minimum Gasteiger partial charge on any atom is -0.493 e. The second-order valence-corrected chi connectivity index (χ2v) is 5.46. The van der Waals surface area contributed by atoms with Gasteiger partial charge in [-0.25, -0.2) is 0 Å². The third-order valence-electron chi connectivity index (χ3n) is 3.14. The van der Waals surface area contributed by atoms with Crippen molar-refractivity contribution < 1.29 is 18.8 Å². The fourth-order valence-corrected chi connectivity index (χ4v) is 2.04. The summed E-state index contributed by atoms with van der Waals surface area (Å²) in [6.07, 6.45) is 0.469. The van der Waals surface area contributed by atoms with Gasteiger partial charge in [0.2, 0.25) is 17.6 Å². The third kappa shape index (κ3) is 4.45. The first-order valence-electron chi connectivity index (χ1n) is 7.35. The van der Waals surface area contributed by atoms with Crippen LogP contribution in [0.3, 0.4) is 0 Å². The Morgan fingerprint density at radius 3 is 2.65 bits per heavy atom. The Morgan fingerprint density at radius 2 is 2.00 bits per heavy atom. The van der Waals surface area contributed by atoms with Crippen molar-refractivity contribution in [3.63, 3.8) is 0 Å². The van der Waals surface area contributed by atoms with E-state index in [1.54, 1.807) is 26.4 Å². The van der Waals surface area contributed by atoms with Gasteiger partial charge < -0.3 is 19.3 Å². The Hall–Kier alpha value is -2.57. The summed E-state index contributed by atoms with van der Waals surface area (Å²) in [5, 5.41) is 6.68. The molecule has 1 heterocycles. The highest BCUT2D eigenvalue weighted by Crippen LogP contribution is 2.31. The maximum Gasteiger partial charge on any atom is 0.246 e. The molecule has 0 spiro atoms. The van der Waals surface area contributed by atoms with Crippen LogP contribution in [0.15, 0.2) is 22.7 Å². The summed E-state index contributed by atoms with van der Waals surface area (Å²) in [5.41, 5.74) is 0.742. The summed E-state index contributed by atoms with van der Waals surface area (Å²) in [7, 11) is 3.14. The summed E-state index contributed by atoms with van der Waals surface area (Å²) < 4.78 is 15.6. The molecule has 1 aromatic carbocycles. The predicted octanol–water partition coefficient (Wildman–Crippen LogP) is 2.42. The van der Waals surface area contributed by atoms with Crippen LogP contribution in [0.25, 0.3) is 11.4 Å². The highest BCUT2D eigenvalue weighted by atomic mass is 16.5. The maximum absolute atomic E-state index is 11.6. The van der Waals surface area contributed by atoms with E-state index in [1.165, 1.54) is 0 Å². The van der Waals surface area contributed by atoms with Crippen LogP contribution < -0.4 is 14.8 Å². The molecule has 2 aromatic rings. The SMILES string of the molecule is COc1ccc(-c2noc(CNC(=O)CC(C)C)n2)cc1OC. The number of rotatable bonds is 7. The van der Waals surface area contributed by atoms with E-state index in [1.807, 2.05) is 19.9 Å². The van der Waals surface area contributed by atoms with E-state index in [0.717, 1.165) is 5.56 Å². The average molecular weight is 319 g/mol. The fraction of sp³-hybridized carbons (Fsp3) is 0.438. The van der Waals surface area contributed by atoms with E-state index in [9.17, 15) is 4.79 Å². The largest absolute Gasteiger partial charge is 0.493 e. The molecule has 0 aliphatic heterocycles. The predicted molar refractivity (Wildman–Crippen MR) is 84.1 cm³/mol. The first-order valence-corrected chi connectivity index (χ1v) is 7.35. The Labute approximate surface area is 135 Å². The van der Waals surface area contributed by atoms with Gasteiger partial charge in [-0.05, 0) is 24.1 Å². The van der Waals surface area contributed by atoms with Crippen LogP contribution in [0.5, 0.6) is 11.5 Å². The fourth-order valence-electron chi connectivity index (χ4n) is 2.04. The number of methoxy groups -OCH3 is 2. The van der Waals surface area contributed by atoms with Crippen LogP contribution >= 0.6 is 0 Å². The molecule has 0 saturated heterocycles. The van der Waals surface area contributed by atoms with Crippen molar-refractivity contribution in [3.05, 3.63) is 24.1 Å². The number of amides is 1. The van der Waals surface area contributed by atoms with E-state index < -0.39 is 0 Å². The summed E-state index contributed by atoms with van der Waals surface area (Å²) >= 11 is 0. The van der Waals surface area contributed by atoms with Gasteiger partial charge in [-0.2, -0.15) is 4.98 Å². The van der Waals surface area contributed by atoms with Crippen molar-refractivity contribution in [2.75, 3.05) is 14.2 Å². The number of carbonyl (C=O) groups excluding carboxylic acids is 1. The van der Waals surface area contributed by atoms with Crippen LogP contribution in [0.4, 0.5) is 0 Å². The molecule has 124 valence electrons. The van der Waals surface area contributed by atoms with E-state index in [0.29, 0.717) is 35.6 Å². The molecule has 1 N–H and O–H groups in total. The zero-order chi connectivity index (χ0) is 16.8. The highest BCUT2D eigenvalue weighted by Gasteiger charge is 2.13. The molecule has 7 heteroatoms. The van der Waals surface area contributed by atoms with E-state index >= 15 is 0 Å². The van der Waals surface area contributed by atoms with Gasteiger partial charge in [-0.3, -0.25) is 4.79 Å². The van der Waals surface area contributed by atoms with Crippen molar-refractivity contribution in [3.8, 4) is 22.9 Å². The number of aromatic nitrogens is 2. The quantitative estimate of drug-likeness (QED) is 0.843. The minimum atomic E-state index is -0.0362. The molecule has 23 heavy (non-hydrogen) atoms. The van der Waals surface area contributed by atoms with Crippen molar-refractivity contribution in [2.24, 2.45) is 5.92 Å². The zero-order valence-corrected chi connectivity index (χ0v) is 13.8. The van der Waals surface area contributed by atoms with Gasteiger partial charge in [0.25, 0.3) is 0 Å².